The van der Waals surface area contributed by atoms with Crippen LogP contribution in [-0.4, -0.2) is 23.5 Å². The molecule has 23 heavy (non-hydrogen) atoms. The summed E-state index contributed by atoms with van der Waals surface area (Å²) in [5.74, 6) is -0.932. The molecule has 0 aliphatic heterocycles. The second-order valence-corrected chi connectivity index (χ2v) is 5.78. The maximum Gasteiger partial charge on any atom is 0.310 e. The molecule has 0 bridgehead atoms. The second-order valence-electron chi connectivity index (χ2n) is 4.50. The quantitative estimate of drug-likeness (QED) is 0.810. The van der Waals surface area contributed by atoms with Gasteiger partial charge in [-0.25, -0.2) is 4.98 Å². The van der Waals surface area contributed by atoms with Crippen molar-refractivity contribution >= 4 is 52.5 Å². The van der Waals surface area contributed by atoms with E-state index >= 15 is 0 Å². The van der Waals surface area contributed by atoms with Gasteiger partial charge in [-0.2, -0.15) is 0 Å². The molecule has 2 rings (SSSR count). The first-order chi connectivity index (χ1) is 10.9. The van der Waals surface area contributed by atoms with Crippen LogP contribution in [0.5, 0.6) is 0 Å². The Labute approximate surface area is 147 Å². The van der Waals surface area contributed by atoms with Crippen LogP contribution in [0.25, 0.3) is 0 Å². The van der Waals surface area contributed by atoms with Crippen LogP contribution in [0.15, 0.2) is 36.5 Å². The van der Waals surface area contributed by atoms with Gasteiger partial charge in [0.25, 0.3) is 5.91 Å². The van der Waals surface area contributed by atoms with Gasteiger partial charge in [0.15, 0.2) is 12.4 Å². The van der Waals surface area contributed by atoms with Crippen LogP contribution in [0.1, 0.15) is 5.56 Å². The Morgan fingerprint density at radius 1 is 1.09 bits per heavy atom. The number of aromatic nitrogens is 1. The molecule has 120 valence electrons. The van der Waals surface area contributed by atoms with E-state index in [-0.39, 0.29) is 17.3 Å². The van der Waals surface area contributed by atoms with E-state index in [0.717, 1.165) is 5.56 Å². The Kier molecular flexibility index (Phi) is 6.21. The molecule has 1 heterocycles. The van der Waals surface area contributed by atoms with E-state index in [9.17, 15) is 9.59 Å². The summed E-state index contributed by atoms with van der Waals surface area (Å²) < 4.78 is 4.89. The lowest BCUT2D eigenvalue weighted by molar-refractivity contribution is -0.146. The first-order valence-corrected chi connectivity index (χ1v) is 7.58. The molecule has 0 unspecified atom stereocenters. The number of nitrogens with one attached hydrogen (secondary N) is 1. The Balaban J connectivity index is 1.81. The number of nitrogens with zero attached hydrogens (tertiary/aromatic N) is 1. The van der Waals surface area contributed by atoms with Crippen LogP contribution in [0, 0.1) is 0 Å². The summed E-state index contributed by atoms with van der Waals surface area (Å²) in [5, 5.41) is 3.55. The summed E-state index contributed by atoms with van der Waals surface area (Å²) in [6, 6.07) is 8.20. The minimum Gasteiger partial charge on any atom is -0.455 e. The Bertz CT molecular complexity index is 720. The van der Waals surface area contributed by atoms with Gasteiger partial charge >= 0.3 is 5.97 Å². The number of esters is 1. The summed E-state index contributed by atoms with van der Waals surface area (Å²) >= 11 is 17.3. The molecule has 0 saturated heterocycles. The fourth-order valence-corrected chi connectivity index (χ4v) is 2.19. The number of hydrogen-bond donors (Lipinski definition) is 1. The molecule has 2 aromatic rings. The van der Waals surface area contributed by atoms with Crippen molar-refractivity contribution in [3.8, 4) is 0 Å². The van der Waals surface area contributed by atoms with Crippen LogP contribution < -0.4 is 5.32 Å². The van der Waals surface area contributed by atoms with Crippen molar-refractivity contribution in [1.29, 1.82) is 0 Å². The van der Waals surface area contributed by atoms with E-state index in [2.05, 4.69) is 10.3 Å². The molecule has 1 amide bonds. The van der Waals surface area contributed by atoms with Gasteiger partial charge < -0.3 is 10.1 Å². The zero-order chi connectivity index (χ0) is 16.8. The van der Waals surface area contributed by atoms with Crippen molar-refractivity contribution in [2.24, 2.45) is 0 Å². The average molecular weight is 374 g/mol. The fraction of sp³-hybridized carbons (Fsp3) is 0.133. The molecule has 0 aliphatic carbocycles. The standard InChI is InChI=1S/C15H11Cl3N2O3/c16-10-3-1-9(2-4-10)5-14(22)23-8-13(21)20-15-12(18)6-11(17)7-19-15/h1-4,6-7H,5,8H2,(H,19,20,21). The third-order valence-electron chi connectivity index (χ3n) is 2.69. The molecule has 1 aromatic heterocycles. The van der Waals surface area contributed by atoms with E-state index in [1.807, 2.05) is 0 Å². The van der Waals surface area contributed by atoms with Gasteiger partial charge in [-0.1, -0.05) is 46.9 Å². The van der Waals surface area contributed by atoms with Crippen LogP contribution >= 0.6 is 34.8 Å². The van der Waals surface area contributed by atoms with Crippen LogP contribution in [0.3, 0.4) is 0 Å². The monoisotopic (exact) mass is 372 g/mol. The number of pyridine rings is 1. The van der Waals surface area contributed by atoms with Crippen LogP contribution in [0.2, 0.25) is 15.1 Å². The predicted molar refractivity (Wildman–Crippen MR) is 89.0 cm³/mol. The maximum absolute atomic E-state index is 11.7. The van der Waals surface area contributed by atoms with Crippen molar-refractivity contribution in [3.05, 3.63) is 57.2 Å². The second kappa shape index (κ2) is 8.15. The SMILES string of the molecule is O=C(COC(=O)Cc1ccc(Cl)cc1)Nc1ncc(Cl)cc1Cl. The highest BCUT2D eigenvalue weighted by Gasteiger charge is 2.11. The minimum absolute atomic E-state index is 0.0460. The van der Waals surface area contributed by atoms with Crippen molar-refractivity contribution in [2.75, 3.05) is 11.9 Å². The third-order valence-corrected chi connectivity index (χ3v) is 3.44. The fourth-order valence-electron chi connectivity index (χ4n) is 1.64. The molecule has 0 radical (unpaired) electrons. The van der Waals surface area contributed by atoms with E-state index in [0.29, 0.717) is 10.0 Å². The number of halogens is 3. The van der Waals surface area contributed by atoms with Gasteiger partial charge in [0.1, 0.15) is 0 Å². The number of hydrogen-bond acceptors (Lipinski definition) is 4. The Morgan fingerprint density at radius 3 is 2.43 bits per heavy atom. The molecule has 8 heteroatoms. The molecule has 1 aromatic carbocycles. The summed E-state index contributed by atoms with van der Waals surface area (Å²) in [6.07, 6.45) is 1.39. The average Bonchev–Trinajstić information content (AvgIpc) is 2.50. The van der Waals surface area contributed by atoms with Crippen LogP contribution in [-0.2, 0) is 20.7 Å². The summed E-state index contributed by atoms with van der Waals surface area (Å²) in [7, 11) is 0. The molecule has 0 saturated carbocycles. The molecular weight excluding hydrogens is 363 g/mol. The Hall–Kier alpha value is -1.82. The number of carbonyl (C=O) groups is 2. The maximum atomic E-state index is 11.7. The van der Waals surface area contributed by atoms with Crippen molar-refractivity contribution in [2.45, 2.75) is 6.42 Å². The van der Waals surface area contributed by atoms with Gasteiger partial charge in [0.2, 0.25) is 0 Å². The zero-order valence-electron chi connectivity index (χ0n) is 11.7. The lowest BCUT2D eigenvalue weighted by Gasteiger charge is -2.07. The van der Waals surface area contributed by atoms with Gasteiger partial charge in [0.05, 0.1) is 16.5 Å². The number of rotatable bonds is 5. The molecule has 5 nitrogen and oxygen atoms in total. The van der Waals surface area contributed by atoms with Crippen molar-refractivity contribution in [3.63, 3.8) is 0 Å². The largest absolute Gasteiger partial charge is 0.455 e. The van der Waals surface area contributed by atoms with Gasteiger partial charge in [-0.15, -0.1) is 0 Å². The van der Waals surface area contributed by atoms with E-state index < -0.39 is 18.5 Å². The first-order valence-electron chi connectivity index (χ1n) is 6.45. The van der Waals surface area contributed by atoms with E-state index in [1.54, 1.807) is 24.3 Å². The number of carbonyl (C=O) groups excluding carboxylic acids is 2. The molecule has 0 spiro atoms. The highest BCUT2D eigenvalue weighted by molar-refractivity contribution is 6.36. The van der Waals surface area contributed by atoms with Gasteiger partial charge in [-0.3, -0.25) is 9.59 Å². The smallest absolute Gasteiger partial charge is 0.310 e. The number of amides is 1. The first kappa shape index (κ1) is 17.5. The zero-order valence-corrected chi connectivity index (χ0v) is 14.0. The van der Waals surface area contributed by atoms with E-state index in [1.165, 1.54) is 12.3 Å². The molecule has 0 fully saturated rings. The molecule has 1 N–H and O–H groups in total. The Morgan fingerprint density at radius 2 is 1.78 bits per heavy atom. The molecule has 0 atom stereocenters. The summed E-state index contributed by atoms with van der Waals surface area (Å²) in [4.78, 5) is 27.3. The predicted octanol–water partition coefficient (Wildman–Crippen LogP) is 3.77. The number of anilines is 1. The lowest BCUT2D eigenvalue weighted by Crippen LogP contribution is -2.22. The van der Waals surface area contributed by atoms with Crippen molar-refractivity contribution in [1.82, 2.24) is 4.98 Å². The normalized spacial score (nSPS) is 10.2. The highest BCUT2D eigenvalue weighted by Crippen LogP contribution is 2.22. The van der Waals surface area contributed by atoms with Crippen molar-refractivity contribution < 1.29 is 14.3 Å². The summed E-state index contributed by atoms with van der Waals surface area (Å²) in [6.45, 7) is -0.437. The minimum atomic E-state index is -0.550. The molecule has 0 aliphatic rings. The van der Waals surface area contributed by atoms with Crippen LogP contribution in [0.4, 0.5) is 5.82 Å². The topological polar surface area (TPSA) is 68.3 Å². The lowest BCUT2D eigenvalue weighted by atomic mass is 10.1. The number of benzene rings is 1. The summed E-state index contributed by atoms with van der Waals surface area (Å²) in [5.41, 5.74) is 0.738. The van der Waals surface area contributed by atoms with Gasteiger partial charge in [0, 0.05) is 11.2 Å². The van der Waals surface area contributed by atoms with Gasteiger partial charge in [-0.05, 0) is 23.8 Å². The van der Waals surface area contributed by atoms with E-state index in [4.69, 9.17) is 39.5 Å². The highest BCUT2D eigenvalue weighted by atomic mass is 35.5. The molecular formula is C15H11Cl3N2O3. The number of ether oxygens (including phenoxy) is 1. The third kappa shape index (κ3) is 5.71.